The van der Waals surface area contributed by atoms with E-state index < -0.39 is 0 Å². The van der Waals surface area contributed by atoms with Gasteiger partial charge in [0.25, 0.3) is 0 Å². The van der Waals surface area contributed by atoms with Crippen LogP contribution >= 0.6 is 22.9 Å². The van der Waals surface area contributed by atoms with E-state index in [0.717, 1.165) is 17.8 Å². The van der Waals surface area contributed by atoms with Crippen molar-refractivity contribution in [2.45, 2.75) is 13.2 Å². The first-order chi connectivity index (χ1) is 8.20. The number of nitrogens with zero attached hydrogens (tertiary/aromatic N) is 1. The molecule has 2 aromatic rings. The summed E-state index contributed by atoms with van der Waals surface area (Å²) in [6, 6.07) is 7.75. The summed E-state index contributed by atoms with van der Waals surface area (Å²) < 4.78 is 0. The van der Waals surface area contributed by atoms with Crippen molar-refractivity contribution in [2.75, 3.05) is 11.9 Å². The third-order valence-corrected chi connectivity index (χ3v) is 3.64. The molecule has 1 heterocycles. The van der Waals surface area contributed by atoms with Gasteiger partial charge in [0.1, 0.15) is 0 Å². The second-order valence-corrected chi connectivity index (χ2v) is 5.12. The summed E-state index contributed by atoms with van der Waals surface area (Å²) in [6.07, 6.45) is 0. The van der Waals surface area contributed by atoms with Gasteiger partial charge in [0, 0.05) is 13.6 Å². The summed E-state index contributed by atoms with van der Waals surface area (Å²) in [7, 11) is 2.01. The minimum Gasteiger partial charge on any atom is -0.392 e. The zero-order valence-electron chi connectivity index (χ0n) is 9.56. The fourth-order valence-electron chi connectivity index (χ4n) is 1.70. The van der Waals surface area contributed by atoms with Crippen molar-refractivity contribution >= 4 is 28.6 Å². The Morgan fingerprint density at radius 3 is 2.71 bits per heavy atom. The lowest BCUT2D eigenvalue weighted by Crippen LogP contribution is -2.16. The number of rotatable bonds is 4. The van der Waals surface area contributed by atoms with Gasteiger partial charge < -0.3 is 10.0 Å². The predicted octanol–water partition coefficient (Wildman–Crippen LogP) is 3.53. The van der Waals surface area contributed by atoms with E-state index in [1.165, 1.54) is 5.56 Å². The molecule has 0 unspecified atom stereocenters. The molecule has 0 aliphatic heterocycles. The lowest BCUT2D eigenvalue weighted by Gasteiger charge is -2.20. The van der Waals surface area contributed by atoms with E-state index in [4.69, 9.17) is 16.7 Å². The van der Waals surface area contributed by atoms with Crippen LogP contribution in [-0.2, 0) is 13.2 Å². The van der Waals surface area contributed by atoms with Crippen LogP contribution in [0.1, 0.15) is 11.1 Å². The molecule has 0 radical (unpaired) electrons. The van der Waals surface area contributed by atoms with Crippen molar-refractivity contribution < 1.29 is 5.11 Å². The summed E-state index contributed by atoms with van der Waals surface area (Å²) in [5.41, 5.74) is 3.09. The minimum atomic E-state index is 0.0221. The third-order valence-electron chi connectivity index (χ3n) is 2.61. The van der Waals surface area contributed by atoms with E-state index in [2.05, 4.69) is 21.7 Å². The van der Waals surface area contributed by atoms with Crippen molar-refractivity contribution in [3.05, 3.63) is 51.2 Å². The lowest BCUT2D eigenvalue weighted by atomic mass is 10.2. The molecule has 1 N–H and O–H groups in total. The maximum absolute atomic E-state index is 9.03. The quantitative estimate of drug-likeness (QED) is 0.916. The molecule has 0 saturated carbocycles. The van der Waals surface area contributed by atoms with E-state index >= 15 is 0 Å². The summed E-state index contributed by atoms with van der Waals surface area (Å²) in [4.78, 5) is 2.10. The van der Waals surface area contributed by atoms with E-state index in [-0.39, 0.29) is 6.61 Å². The summed E-state index contributed by atoms with van der Waals surface area (Å²) >= 11 is 7.89. The molecule has 0 atom stereocenters. The predicted molar refractivity (Wildman–Crippen MR) is 73.8 cm³/mol. The van der Waals surface area contributed by atoms with Gasteiger partial charge in [0.2, 0.25) is 0 Å². The van der Waals surface area contributed by atoms with Crippen molar-refractivity contribution in [1.82, 2.24) is 0 Å². The molecule has 0 bridgehead atoms. The van der Waals surface area contributed by atoms with Gasteiger partial charge in [-0.15, -0.1) is 0 Å². The standard InChI is InChI=1S/C13H14ClNOS/c1-15(7-11-4-5-17-9-11)13-3-2-10(8-16)6-12(13)14/h2-6,9,16H,7-8H2,1H3. The molecule has 2 rings (SSSR count). The van der Waals surface area contributed by atoms with Crippen LogP contribution in [0.3, 0.4) is 0 Å². The van der Waals surface area contributed by atoms with Crippen LogP contribution in [0.5, 0.6) is 0 Å². The highest BCUT2D eigenvalue weighted by molar-refractivity contribution is 7.07. The Bertz CT molecular complexity index is 484. The number of halogens is 1. The molecule has 17 heavy (non-hydrogen) atoms. The Kier molecular flexibility index (Phi) is 4.05. The average Bonchev–Trinajstić information content (AvgIpc) is 2.81. The number of hydrogen-bond donors (Lipinski definition) is 1. The van der Waals surface area contributed by atoms with Gasteiger partial charge in [-0.3, -0.25) is 0 Å². The van der Waals surface area contributed by atoms with Crippen molar-refractivity contribution in [1.29, 1.82) is 0 Å². The molecular formula is C13H14ClNOS. The van der Waals surface area contributed by atoms with Crippen molar-refractivity contribution in [3.63, 3.8) is 0 Å². The fourth-order valence-corrected chi connectivity index (χ4v) is 2.71. The summed E-state index contributed by atoms with van der Waals surface area (Å²) in [6.45, 7) is 0.857. The van der Waals surface area contributed by atoms with Crippen LogP contribution in [0.4, 0.5) is 5.69 Å². The molecule has 90 valence electrons. The molecule has 0 fully saturated rings. The third kappa shape index (κ3) is 3.00. The van der Waals surface area contributed by atoms with Crippen LogP contribution in [0.25, 0.3) is 0 Å². The topological polar surface area (TPSA) is 23.5 Å². The molecule has 2 nitrogen and oxygen atoms in total. The smallest absolute Gasteiger partial charge is 0.0682 e. The fraction of sp³-hybridized carbons (Fsp3) is 0.231. The highest BCUT2D eigenvalue weighted by Gasteiger charge is 2.07. The van der Waals surface area contributed by atoms with Crippen LogP contribution in [0.15, 0.2) is 35.0 Å². The maximum Gasteiger partial charge on any atom is 0.0682 e. The van der Waals surface area contributed by atoms with Gasteiger partial charge in [-0.05, 0) is 40.1 Å². The number of benzene rings is 1. The van der Waals surface area contributed by atoms with Crippen LogP contribution in [0.2, 0.25) is 5.02 Å². The van der Waals surface area contributed by atoms with Crippen molar-refractivity contribution in [2.24, 2.45) is 0 Å². The Labute approximate surface area is 110 Å². The monoisotopic (exact) mass is 267 g/mol. The molecule has 0 spiro atoms. The molecule has 0 amide bonds. The van der Waals surface area contributed by atoms with E-state index in [0.29, 0.717) is 5.02 Å². The van der Waals surface area contributed by atoms with Crippen LogP contribution < -0.4 is 4.90 Å². The first-order valence-corrected chi connectivity index (χ1v) is 6.64. The van der Waals surface area contributed by atoms with Gasteiger partial charge in [-0.25, -0.2) is 0 Å². The number of aliphatic hydroxyl groups excluding tert-OH is 1. The zero-order chi connectivity index (χ0) is 12.3. The summed E-state index contributed by atoms with van der Waals surface area (Å²) in [5, 5.41) is 13.9. The van der Waals surface area contributed by atoms with Crippen LogP contribution in [0, 0.1) is 0 Å². The highest BCUT2D eigenvalue weighted by Crippen LogP contribution is 2.27. The normalized spacial score (nSPS) is 10.5. The lowest BCUT2D eigenvalue weighted by molar-refractivity contribution is 0.282. The zero-order valence-corrected chi connectivity index (χ0v) is 11.1. The number of hydrogen-bond acceptors (Lipinski definition) is 3. The summed E-state index contributed by atoms with van der Waals surface area (Å²) in [5.74, 6) is 0. The number of aliphatic hydroxyl groups is 1. The van der Waals surface area contributed by atoms with Gasteiger partial charge in [-0.1, -0.05) is 17.7 Å². The van der Waals surface area contributed by atoms with E-state index in [1.54, 1.807) is 17.4 Å². The molecule has 0 aliphatic carbocycles. The van der Waals surface area contributed by atoms with Gasteiger partial charge in [0.15, 0.2) is 0 Å². The SMILES string of the molecule is CN(Cc1ccsc1)c1ccc(CO)cc1Cl. The largest absolute Gasteiger partial charge is 0.392 e. The minimum absolute atomic E-state index is 0.0221. The number of anilines is 1. The average molecular weight is 268 g/mol. The van der Waals surface area contributed by atoms with E-state index in [9.17, 15) is 0 Å². The van der Waals surface area contributed by atoms with Gasteiger partial charge >= 0.3 is 0 Å². The van der Waals surface area contributed by atoms with Gasteiger partial charge in [-0.2, -0.15) is 11.3 Å². The van der Waals surface area contributed by atoms with E-state index in [1.807, 2.05) is 19.2 Å². The molecule has 1 aromatic carbocycles. The number of thiophene rings is 1. The Hall–Kier alpha value is -1.03. The molecule has 0 aliphatic rings. The maximum atomic E-state index is 9.03. The molecule has 1 aromatic heterocycles. The van der Waals surface area contributed by atoms with Gasteiger partial charge in [0.05, 0.1) is 17.3 Å². The second kappa shape index (κ2) is 5.54. The second-order valence-electron chi connectivity index (χ2n) is 3.93. The molecule has 4 heteroatoms. The Balaban J connectivity index is 2.16. The molecular weight excluding hydrogens is 254 g/mol. The molecule has 0 saturated heterocycles. The Morgan fingerprint density at radius 2 is 2.12 bits per heavy atom. The first kappa shape index (κ1) is 12.4. The van der Waals surface area contributed by atoms with Crippen molar-refractivity contribution in [3.8, 4) is 0 Å². The van der Waals surface area contributed by atoms with Crippen LogP contribution in [-0.4, -0.2) is 12.2 Å². The highest BCUT2D eigenvalue weighted by atomic mass is 35.5. The first-order valence-electron chi connectivity index (χ1n) is 5.32. The Morgan fingerprint density at radius 1 is 1.29 bits per heavy atom.